The molecule has 1 nitrogen and oxygen atoms in total. The van der Waals surface area contributed by atoms with E-state index < -0.39 is 0 Å². The van der Waals surface area contributed by atoms with Gasteiger partial charge in [0.2, 0.25) is 0 Å². The Morgan fingerprint density at radius 1 is 1.27 bits per heavy atom. The normalized spacial score (nSPS) is 20.9. The van der Waals surface area contributed by atoms with E-state index in [1.54, 1.807) is 0 Å². The number of rotatable bonds is 3. The fourth-order valence-corrected chi connectivity index (χ4v) is 2.45. The van der Waals surface area contributed by atoms with E-state index in [2.05, 4.69) is 40.2 Å². The van der Waals surface area contributed by atoms with E-state index in [1.807, 2.05) is 0 Å². The number of hydrogen-bond donors (Lipinski definition) is 0. The standard InChI is InChI=1S/C13H15BrO/c14-12-8-5-10(6-9-12)4-7-11-2-1-3-13(11)15/h5-6,8-9,11H,1-4,7H2. The summed E-state index contributed by atoms with van der Waals surface area (Å²) in [4.78, 5) is 11.4. The highest BCUT2D eigenvalue weighted by Gasteiger charge is 2.23. The average molecular weight is 267 g/mol. The number of carbonyl (C=O) groups excluding carboxylic acids is 1. The smallest absolute Gasteiger partial charge is 0.135 e. The first-order valence-electron chi connectivity index (χ1n) is 5.53. The van der Waals surface area contributed by atoms with Crippen LogP contribution < -0.4 is 0 Å². The van der Waals surface area contributed by atoms with Crippen LogP contribution in [0.15, 0.2) is 28.7 Å². The molecule has 0 saturated heterocycles. The molecule has 0 aromatic heterocycles. The first-order chi connectivity index (χ1) is 7.25. The van der Waals surface area contributed by atoms with Gasteiger partial charge in [0.15, 0.2) is 0 Å². The van der Waals surface area contributed by atoms with E-state index >= 15 is 0 Å². The monoisotopic (exact) mass is 266 g/mol. The fourth-order valence-electron chi connectivity index (χ4n) is 2.19. The molecule has 0 N–H and O–H groups in total. The van der Waals surface area contributed by atoms with Gasteiger partial charge < -0.3 is 0 Å². The van der Waals surface area contributed by atoms with Gasteiger partial charge in [-0.05, 0) is 43.4 Å². The molecular formula is C13H15BrO. The summed E-state index contributed by atoms with van der Waals surface area (Å²) in [6.07, 6.45) is 5.08. The van der Waals surface area contributed by atoms with Gasteiger partial charge in [-0.2, -0.15) is 0 Å². The molecule has 80 valence electrons. The number of carbonyl (C=O) groups is 1. The second-order valence-corrected chi connectivity index (χ2v) is 5.14. The highest BCUT2D eigenvalue weighted by atomic mass is 79.9. The zero-order valence-corrected chi connectivity index (χ0v) is 10.3. The summed E-state index contributed by atoms with van der Waals surface area (Å²) < 4.78 is 1.11. The number of hydrogen-bond acceptors (Lipinski definition) is 1. The van der Waals surface area contributed by atoms with Crippen molar-refractivity contribution in [1.82, 2.24) is 0 Å². The third kappa shape index (κ3) is 2.91. The summed E-state index contributed by atoms with van der Waals surface area (Å²) in [5.74, 6) is 0.820. The summed E-state index contributed by atoms with van der Waals surface area (Å²) in [7, 11) is 0. The molecule has 1 aliphatic rings. The van der Waals surface area contributed by atoms with Gasteiger partial charge in [0.1, 0.15) is 5.78 Å². The molecule has 0 radical (unpaired) electrons. The van der Waals surface area contributed by atoms with E-state index in [9.17, 15) is 4.79 Å². The quantitative estimate of drug-likeness (QED) is 0.815. The predicted molar refractivity (Wildman–Crippen MR) is 64.8 cm³/mol. The Morgan fingerprint density at radius 3 is 2.60 bits per heavy atom. The van der Waals surface area contributed by atoms with Gasteiger partial charge in [-0.25, -0.2) is 0 Å². The molecule has 0 amide bonds. The second-order valence-electron chi connectivity index (χ2n) is 4.22. The van der Waals surface area contributed by atoms with Gasteiger partial charge in [-0.1, -0.05) is 28.1 Å². The largest absolute Gasteiger partial charge is 0.299 e. The van der Waals surface area contributed by atoms with Crippen LogP contribution in [0.5, 0.6) is 0 Å². The molecule has 0 spiro atoms. The van der Waals surface area contributed by atoms with E-state index in [1.165, 1.54) is 5.56 Å². The Bertz CT molecular complexity index is 342. The van der Waals surface area contributed by atoms with E-state index in [-0.39, 0.29) is 0 Å². The Hall–Kier alpha value is -0.630. The molecule has 0 heterocycles. The number of halogens is 1. The lowest BCUT2D eigenvalue weighted by Crippen LogP contribution is -2.07. The number of benzene rings is 1. The highest BCUT2D eigenvalue weighted by molar-refractivity contribution is 9.10. The second kappa shape index (κ2) is 4.93. The molecule has 0 aliphatic heterocycles. The molecule has 1 fully saturated rings. The highest BCUT2D eigenvalue weighted by Crippen LogP contribution is 2.25. The van der Waals surface area contributed by atoms with Gasteiger partial charge in [0.25, 0.3) is 0 Å². The van der Waals surface area contributed by atoms with Crippen LogP contribution in [0.3, 0.4) is 0 Å². The topological polar surface area (TPSA) is 17.1 Å². The minimum Gasteiger partial charge on any atom is -0.299 e. The minimum atomic E-state index is 0.341. The maximum atomic E-state index is 11.4. The minimum absolute atomic E-state index is 0.341. The van der Waals surface area contributed by atoms with Crippen molar-refractivity contribution in [3.63, 3.8) is 0 Å². The van der Waals surface area contributed by atoms with Crippen molar-refractivity contribution in [2.24, 2.45) is 5.92 Å². The van der Waals surface area contributed by atoms with Crippen LogP contribution in [0.1, 0.15) is 31.2 Å². The number of Topliss-reactive ketones (excluding diaryl/α,β-unsaturated/α-hetero) is 1. The summed E-state index contributed by atoms with van der Waals surface area (Å²) in [6.45, 7) is 0. The molecule has 0 bridgehead atoms. The van der Waals surface area contributed by atoms with Gasteiger partial charge in [-0.15, -0.1) is 0 Å². The molecule has 1 aromatic rings. The predicted octanol–water partition coefficient (Wildman–Crippen LogP) is 3.75. The molecular weight excluding hydrogens is 252 g/mol. The maximum Gasteiger partial charge on any atom is 0.135 e. The van der Waals surface area contributed by atoms with Crippen molar-refractivity contribution in [3.05, 3.63) is 34.3 Å². The van der Waals surface area contributed by atoms with Crippen molar-refractivity contribution in [1.29, 1.82) is 0 Å². The molecule has 2 rings (SSSR count). The average Bonchev–Trinajstić information content (AvgIpc) is 2.63. The van der Waals surface area contributed by atoms with E-state index in [0.29, 0.717) is 11.7 Å². The van der Waals surface area contributed by atoms with Gasteiger partial charge in [0.05, 0.1) is 0 Å². The summed E-state index contributed by atoms with van der Waals surface area (Å²) in [5.41, 5.74) is 1.33. The zero-order valence-electron chi connectivity index (χ0n) is 8.71. The third-order valence-corrected chi connectivity index (χ3v) is 3.65. The fraction of sp³-hybridized carbons (Fsp3) is 0.462. The molecule has 1 saturated carbocycles. The van der Waals surface area contributed by atoms with Crippen molar-refractivity contribution in [2.45, 2.75) is 32.1 Å². The summed E-state index contributed by atoms with van der Waals surface area (Å²) in [5, 5.41) is 0. The molecule has 1 atom stereocenters. The molecule has 1 unspecified atom stereocenters. The van der Waals surface area contributed by atoms with Crippen molar-refractivity contribution >= 4 is 21.7 Å². The maximum absolute atomic E-state index is 11.4. The van der Waals surface area contributed by atoms with Crippen LogP contribution in [0.2, 0.25) is 0 Å². The molecule has 1 aliphatic carbocycles. The zero-order chi connectivity index (χ0) is 10.7. The lowest BCUT2D eigenvalue weighted by atomic mass is 9.97. The Morgan fingerprint density at radius 2 is 2.00 bits per heavy atom. The lowest BCUT2D eigenvalue weighted by Gasteiger charge is -2.07. The van der Waals surface area contributed by atoms with E-state index in [0.717, 1.165) is 36.6 Å². The van der Waals surface area contributed by atoms with Crippen molar-refractivity contribution in [2.75, 3.05) is 0 Å². The lowest BCUT2D eigenvalue weighted by molar-refractivity contribution is -0.120. The first-order valence-corrected chi connectivity index (χ1v) is 6.32. The van der Waals surface area contributed by atoms with E-state index in [4.69, 9.17) is 0 Å². The Kier molecular flexibility index (Phi) is 3.57. The molecule has 1 aromatic carbocycles. The molecule has 2 heteroatoms. The van der Waals surface area contributed by atoms with Gasteiger partial charge >= 0.3 is 0 Å². The van der Waals surface area contributed by atoms with Crippen LogP contribution in [0.4, 0.5) is 0 Å². The van der Waals surface area contributed by atoms with Crippen LogP contribution in [-0.4, -0.2) is 5.78 Å². The SMILES string of the molecule is O=C1CCCC1CCc1ccc(Br)cc1. The first kappa shape index (κ1) is 10.9. The third-order valence-electron chi connectivity index (χ3n) is 3.13. The van der Waals surface area contributed by atoms with Crippen LogP contribution in [-0.2, 0) is 11.2 Å². The van der Waals surface area contributed by atoms with Crippen LogP contribution >= 0.6 is 15.9 Å². The van der Waals surface area contributed by atoms with Gasteiger partial charge in [0, 0.05) is 16.8 Å². The number of aryl methyl sites for hydroxylation is 1. The summed E-state index contributed by atoms with van der Waals surface area (Å²) >= 11 is 3.42. The van der Waals surface area contributed by atoms with Crippen LogP contribution in [0.25, 0.3) is 0 Å². The Labute approximate surface area is 99.0 Å². The molecule has 15 heavy (non-hydrogen) atoms. The Balaban J connectivity index is 1.87. The van der Waals surface area contributed by atoms with Crippen molar-refractivity contribution < 1.29 is 4.79 Å². The van der Waals surface area contributed by atoms with Crippen molar-refractivity contribution in [3.8, 4) is 0 Å². The van der Waals surface area contributed by atoms with Crippen LogP contribution in [0, 0.1) is 5.92 Å². The number of ketones is 1. The van der Waals surface area contributed by atoms with Gasteiger partial charge in [-0.3, -0.25) is 4.79 Å². The summed E-state index contributed by atoms with van der Waals surface area (Å²) in [6, 6.07) is 8.38.